The molecule has 0 heterocycles. The molecule has 0 saturated carbocycles. The van der Waals surface area contributed by atoms with Gasteiger partial charge < -0.3 is 4.90 Å². The first kappa shape index (κ1) is 10.7. The molecule has 0 bridgehead atoms. The first-order chi connectivity index (χ1) is 7.66. The predicted octanol–water partition coefficient (Wildman–Crippen LogP) is 3.60. The average molecular weight is 210 g/mol. The maximum atomic E-state index is 3.94. The van der Waals surface area contributed by atoms with Crippen LogP contribution in [-0.4, -0.2) is 14.1 Å². The van der Waals surface area contributed by atoms with E-state index < -0.39 is 0 Å². The lowest BCUT2D eigenvalue weighted by atomic mass is 10.0. The van der Waals surface area contributed by atoms with Gasteiger partial charge in [0.25, 0.3) is 0 Å². The lowest BCUT2D eigenvalue weighted by Crippen LogP contribution is -2.07. The quantitative estimate of drug-likeness (QED) is 0.732. The molecule has 2 rings (SSSR count). The highest BCUT2D eigenvalue weighted by atomic mass is 15.1. The van der Waals surface area contributed by atoms with E-state index in [0.717, 1.165) is 5.56 Å². The van der Waals surface area contributed by atoms with E-state index >= 15 is 0 Å². The van der Waals surface area contributed by atoms with E-state index in [2.05, 4.69) is 48.2 Å². The Morgan fingerprint density at radius 3 is 2.12 bits per heavy atom. The molecule has 0 unspecified atom stereocenters. The van der Waals surface area contributed by atoms with Gasteiger partial charge in [-0.3, -0.25) is 0 Å². The summed E-state index contributed by atoms with van der Waals surface area (Å²) in [5.41, 5.74) is 4.72. The van der Waals surface area contributed by atoms with Gasteiger partial charge in [0.1, 0.15) is 0 Å². The fourth-order valence-electron chi connectivity index (χ4n) is 1.70. The molecule has 1 radical (unpaired) electrons. The number of hydrogen-bond acceptors (Lipinski definition) is 1. The number of rotatable bonds is 2. The average Bonchev–Trinajstić information content (AvgIpc) is 2.29. The Hall–Kier alpha value is -1.76. The summed E-state index contributed by atoms with van der Waals surface area (Å²) in [7, 11) is 4.09. The van der Waals surface area contributed by atoms with Crippen molar-refractivity contribution in [1.82, 2.24) is 0 Å². The van der Waals surface area contributed by atoms with Crippen LogP contribution in [0.5, 0.6) is 0 Å². The van der Waals surface area contributed by atoms with Crippen LogP contribution in [0.25, 0.3) is 11.1 Å². The van der Waals surface area contributed by atoms with Crippen LogP contribution in [0.1, 0.15) is 5.56 Å². The van der Waals surface area contributed by atoms with Crippen LogP contribution in [0.2, 0.25) is 0 Å². The zero-order chi connectivity index (χ0) is 11.5. The molecule has 1 heteroatoms. The molecule has 16 heavy (non-hydrogen) atoms. The van der Waals surface area contributed by atoms with Crippen molar-refractivity contribution in [2.45, 2.75) is 0 Å². The van der Waals surface area contributed by atoms with Crippen molar-refractivity contribution in [3.05, 3.63) is 61.0 Å². The topological polar surface area (TPSA) is 3.24 Å². The maximum absolute atomic E-state index is 3.94. The second kappa shape index (κ2) is 4.40. The SMILES string of the molecule is [CH2]c1cccc(-c2ccc(N(C)C)cc2)c1. The Bertz CT molecular complexity index is 469. The van der Waals surface area contributed by atoms with Crippen molar-refractivity contribution in [2.24, 2.45) is 0 Å². The van der Waals surface area contributed by atoms with Crippen LogP contribution >= 0.6 is 0 Å². The second-order valence-corrected chi connectivity index (χ2v) is 4.14. The van der Waals surface area contributed by atoms with Crippen LogP contribution in [-0.2, 0) is 0 Å². The third-order valence-corrected chi connectivity index (χ3v) is 2.64. The third-order valence-electron chi connectivity index (χ3n) is 2.64. The smallest absolute Gasteiger partial charge is 0.0361 e. The van der Waals surface area contributed by atoms with E-state index in [0.29, 0.717) is 0 Å². The molecule has 1 nitrogen and oxygen atoms in total. The zero-order valence-corrected chi connectivity index (χ0v) is 9.77. The zero-order valence-electron chi connectivity index (χ0n) is 9.77. The van der Waals surface area contributed by atoms with Crippen molar-refractivity contribution in [1.29, 1.82) is 0 Å². The van der Waals surface area contributed by atoms with Gasteiger partial charge in [0.15, 0.2) is 0 Å². The number of hydrogen-bond donors (Lipinski definition) is 0. The molecule has 0 aliphatic rings. The summed E-state index contributed by atoms with van der Waals surface area (Å²) in [5, 5.41) is 0. The maximum Gasteiger partial charge on any atom is 0.0361 e. The highest BCUT2D eigenvalue weighted by Crippen LogP contribution is 2.22. The van der Waals surface area contributed by atoms with E-state index in [4.69, 9.17) is 0 Å². The highest BCUT2D eigenvalue weighted by molar-refractivity contribution is 5.67. The van der Waals surface area contributed by atoms with Gasteiger partial charge in [-0.05, 0) is 35.7 Å². The van der Waals surface area contributed by atoms with Gasteiger partial charge >= 0.3 is 0 Å². The first-order valence-electron chi connectivity index (χ1n) is 5.36. The molecule has 0 spiro atoms. The van der Waals surface area contributed by atoms with Crippen LogP contribution < -0.4 is 4.90 Å². The molecule has 0 aliphatic heterocycles. The molecule has 81 valence electrons. The van der Waals surface area contributed by atoms with Gasteiger partial charge in [-0.15, -0.1) is 0 Å². The second-order valence-electron chi connectivity index (χ2n) is 4.14. The van der Waals surface area contributed by atoms with Gasteiger partial charge in [-0.1, -0.05) is 36.4 Å². The van der Waals surface area contributed by atoms with Crippen molar-refractivity contribution in [3.63, 3.8) is 0 Å². The Morgan fingerprint density at radius 1 is 0.875 bits per heavy atom. The Morgan fingerprint density at radius 2 is 1.56 bits per heavy atom. The predicted molar refractivity (Wildman–Crippen MR) is 70.7 cm³/mol. The normalized spacial score (nSPS) is 10.2. The van der Waals surface area contributed by atoms with Gasteiger partial charge in [0, 0.05) is 19.8 Å². The molecule has 0 fully saturated rings. The number of nitrogens with zero attached hydrogens (tertiary/aromatic N) is 1. The first-order valence-corrected chi connectivity index (χ1v) is 5.36. The number of benzene rings is 2. The van der Waals surface area contributed by atoms with Crippen LogP contribution in [0.4, 0.5) is 5.69 Å². The van der Waals surface area contributed by atoms with Gasteiger partial charge in [-0.2, -0.15) is 0 Å². The lowest BCUT2D eigenvalue weighted by molar-refractivity contribution is 1.13. The standard InChI is InChI=1S/C15H16N/c1-12-5-4-6-14(11-12)13-7-9-15(10-8-13)16(2)3/h4-11H,1H2,2-3H3. The summed E-state index contributed by atoms with van der Waals surface area (Å²) in [5.74, 6) is 0. The molecule has 0 atom stereocenters. The van der Waals surface area contributed by atoms with Crippen molar-refractivity contribution in [3.8, 4) is 11.1 Å². The summed E-state index contributed by atoms with van der Waals surface area (Å²) < 4.78 is 0. The molecule has 0 aliphatic carbocycles. The minimum atomic E-state index is 1.05. The van der Waals surface area contributed by atoms with E-state index in [9.17, 15) is 0 Å². The highest BCUT2D eigenvalue weighted by Gasteiger charge is 1.99. The van der Waals surface area contributed by atoms with Gasteiger partial charge in [0.2, 0.25) is 0 Å². The minimum Gasteiger partial charge on any atom is -0.378 e. The summed E-state index contributed by atoms with van der Waals surface area (Å²) in [6, 6.07) is 16.8. The Labute approximate surface area is 97.3 Å². The monoisotopic (exact) mass is 210 g/mol. The molecule has 0 amide bonds. The van der Waals surface area contributed by atoms with E-state index in [1.54, 1.807) is 0 Å². The van der Waals surface area contributed by atoms with E-state index in [1.165, 1.54) is 16.8 Å². The molecule has 2 aromatic rings. The Balaban J connectivity index is 2.35. The minimum absolute atomic E-state index is 1.05. The molecular formula is C15H16N. The van der Waals surface area contributed by atoms with Gasteiger partial charge in [-0.25, -0.2) is 0 Å². The van der Waals surface area contributed by atoms with Crippen molar-refractivity contribution in [2.75, 3.05) is 19.0 Å². The molecule has 0 saturated heterocycles. The molecule has 2 aromatic carbocycles. The third kappa shape index (κ3) is 2.25. The van der Waals surface area contributed by atoms with Crippen LogP contribution in [0, 0.1) is 6.92 Å². The van der Waals surface area contributed by atoms with Gasteiger partial charge in [0.05, 0.1) is 0 Å². The molecule has 0 N–H and O–H groups in total. The fraction of sp³-hybridized carbons (Fsp3) is 0.133. The van der Waals surface area contributed by atoms with Crippen molar-refractivity contribution < 1.29 is 0 Å². The van der Waals surface area contributed by atoms with E-state index in [1.807, 2.05) is 26.2 Å². The molecular weight excluding hydrogens is 194 g/mol. The number of anilines is 1. The summed E-state index contributed by atoms with van der Waals surface area (Å²) in [6.45, 7) is 3.94. The summed E-state index contributed by atoms with van der Waals surface area (Å²) in [4.78, 5) is 2.10. The Kier molecular flexibility index (Phi) is 2.95. The van der Waals surface area contributed by atoms with Crippen LogP contribution in [0.3, 0.4) is 0 Å². The fourth-order valence-corrected chi connectivity index (χ4v) is 1.70. The summed E-state index contributed by atoms with van der Waals surface area (Å²) in [6.07, 6.45) is 0. The van der Waals surface area contributed by atoms with E-state index in [-0.39, 0.29) is 0 Å². The van der Waals surface area contributed by atoms with Crippen molar-refractivity contribution >= 4 is 5.69 Å². The largest absolute Gasteiger partial charge is 0.378 e. The summed E-state index contributed by atoms with van der Waals surface area (Å²) >= 11 is 0. The molecule has 0 aromatic heterocycles. The lowest BCUT2D eigenvalue weighted by Gasteiger charge is -2.12. The van der Waals surface area contributed by atoms with Crippen LogP contribution in [0.15, 0.2) is 48.5 Å².